The molecule has 1 aliphatic rings. The van der Waals surface area contributed by atoms with Crippen LogP contribution in [0.1, 0.15) is 26.7 Å². The van der Waals surface area contributed by atoms with Crippen molar-refractivity contribution in [2.75, 3.05) is 24.6 Å². The summed E-state index contributed by atoms with van der Waals surface area (Å²) in [6, 6.07) is 0.306. The maximum atomic E-state index is 5.87. The summed E-state index contributed by atoms with van der Waals surface area (Å²) in [6.07, 6.45) is 2.42. The van der Waals surface area contributed by atoms with Crippen LogP contribution in [0.15, 0.2) is 0 Å². The molecule has 0 spiro atoms. The van der Waals surface area contributed by atoms with Gasteiger partial charge in [0.2, 0.25) is 11.2 Å². The van der Waals surface area contributed by atoms with Gasteiger partial charge in [-0.2, -0.15) is 15.0 Å². The molecule has 1 aliphatic heterocycles. The fourth-order valence-corrected chi connectivity index (χ4v) is 2.18. The summed E-state index contributed by atoms with van der Waals surface area (Å²) in [5, 5.41) is 0.191. The molecule has 1 aromatic heterocycles. The van der Waals surface area contributed by atoms with Crippen molar-refractivity contribution in [1.82, 2.24) is 15.0 Å². The maximum Gasteiger partial charge on any atom is 0.322 e. The SMILES string of the molecule is CCOc1nc(Cl)nc(N2CCCC(C)C2)n1. The van der Waals surface area contributed by atoms with Crippen molar-refractivity contribution in [1.29, 1.82) is 0 Å². The van der Waals surface area contributed by atoms with Gasteiger partial charge in [-0.1, -0.05) is 6.92 Å². The van der Waals surface area contributed by atoms with Gasteiger partial charge in [0.1, 0.15) is 0 Å². The third kappa shape index (κ3) is 3.19. The van der Waals surface area contributed by atoms with Crippen LogP contribution in [0.3, 0.4) is 0 Å². The molecule has 0 radical (unpaired) electrons. The largest absolute Gasteiger partial charge is 0.464 e. The Morgan fingerprint density at radius 1 is 1.41 bits per heavy atom. The number of nitrogens with zero attached hydrogens (tertiary/aromatic N) is 4. The van der Waals surface area contributed by atoms with E-state index in [0.29, 0.717) is 24.5 Å². The van der Waals surface area contributed by atoms with Gasteiger partial charge in [-0.3, -0.25) is 0 Å². The van der Waals surface area contributed by atoms with Crippen molar-refractivity contribution in [2.45, 2.75) is 26.7 Å². The quantitative estimate of drug-likeness (QED) is 0.830. The number of hydrogen-bond donors (Lipinski definition) is 0. The molecule has 0 saturated carbocycles. The molecule has 0 N–H and O–H groups in total. The van der Waals surface area contributed by atoms with Crippen molar-refractivity contribution in [3.05, 3.63) is 5.28 Å². The van der Waals surface area contributed by atoms with Crippen LogP contribution in [0.5, 0.6) is 6.01 Å². The molecule has 0 aliphatic carbocycles. The van der Waals surface area contributed by atoms with E-state index in [-0.39, 0.29) is 5.28 Å². The lowest BCUT2D eigenvalue weighted by molar-refractivity contribution is 0.310. The fraction of sp³-hybridized carbons (Fsp3) is 0.727. The smallest absolute Gasteiger partial charge is 0.322 e. The minimum Gasteiger partial charge on any atom is -0.464 e. The lowest BCUT2D eigenvalue weighted by Crippen LogP contribution is -2.35. The Labute approximate surface area is 106 Å². The third-order valence-corrected chi connectivity index (χ3v) is 2.96. The maximum absolute atomic E-state index is 5.87. The van der Waals surface area contributed by atoms with E-state index in [1.54, 1.807) is 0 Å². The van der Waals surface area contributed by atoms with Gasteiger partial charge in [-0.05, 0) is 37.3 Å². The van der Waals surface area contributed by atoms with Crippen LogP contribution in [0, 0.1) is 5.92 Å². The minimum atomic E-state index is 0.191. The Morgan fingerprint density at radius 3 is 2.94 bits per heavy atom. The lowest BCUT2D eigenvalue weighted by atomic mass is 10.0. The number of ether oxygens (including phenoxy) is 1. The number of hydrogen-bond acceptors (Lipinski definition) is 5. The summed E-state index contributed by atoms with van der Waals surface area (Å²) in [6.45, 7) is 6.58. The first kappa shape index (κ1) is 12.4. The number of halogens is 1. The molecule has 5 nitrogen and oxygen atoms in total. The summed E-state index contributed by atoms with van der Waals surface area (Å²) < 4.78 is 5.27. The highest BCUT2D eigenvalue weighted by atomic mass is 35.5. The molecule has 0 amide bonds. The molecular weight excluding hydrogens is 240 g/mol. The van der Waals surface area contributed by atoms with Crippen LogP contribution in [0.25, 0.3) is 0 Å². The van der Waals surface area contributed by atoms with Crippen LogP contribution in [-0.4, -0.2) is 34.6 Å². The van der Waals surface area contributed by atoms with Crippen molar-refractivity contribution in [2.24, 2.45) is 5.92 Å². The summed E-state index contributed by atoms with van der Waals surface area (Å²) in [5.74, 6) is 1.29. The van der Waals surface area contributed by atoms with Crippen LogP contribution in [0.2, 0.25) is 5.28 Å². The molecule has 0 aromatic carbocycles. The first-order chi connectivity index (χ1) is 8.19. The van der Waals surface area contributed by atoms with Crippen LogP contribution in [-0.2, 0) is 0 Å². The predicted octanol–water partition coefficient (Wildman–Crippen LogP) is 2.16. The summed E-state index contributed by atoms with van der Waals surface area (Å²) in [7, 11) is 0. The Hall–Kier alpha value is -1.10. The molecule has 2 heterocycles. The molecule has 17 heavy (non-hydrogen) atoms. The zero-order valence-electron chi connectivity index (χ0n) is 10.2. The van der Waals surface area contributed by atoms with Crippen molar-refractivity contribution in [3.8, 4) is 6.01 Å². The average Bonchev–Trinajstić information content (AvgIpc) is 2.28. The summed E-state index contributed by atoms with van der Waals surface area (Å²) in [4.78, 5) is 14.5. The van der Waals surface area contributed by atoms with Gasteiger partial charge >= 0.3 is 6.01 Å². The molecule has 1 unspecified atom stereocenters. The minimum absolute atomic E-state index is 0.191. The predicted molar refractivity (Wildman–Crippen MR) is 66.6 cm³/mol. The van der Waals surface area contributed by atoms with E-state index in [0.717, 1.165) is 19.5 Å². The molecule has 0 bridgehead atoms. The average molecular weight is 257 g/mol. The zero-order valence-corrected chi connectivity index (χ0v) is 10.9. The second-order valence-electron chi connectivity index (χ2n) is 4.31. The highest BCUT2D eigenvalue weighted by Gasteiger charge is 2.20. The van der Waals surface area contributed by atoms with Gasteiger partial charge in [-0.15, -0.1) is 0 Å². The number of anilines is 1. The molecule has 94 valence electrons. The van der Waals surface area contributed by atoms with Gasteiger partial charge in [-0.25, -0.2) is 0 Å². The molecule has 1 aromatic rings. The first-order valence-corrected chi connectivity index (χ1v) is 6.36. The monoisotopic (exact) mass is 256 g/mol. The standard InChI is InChI=1S/C11H17ClN4O/c1-3-17-11-14-9(12)13-10(15-11)16-6-4-5-8(2)7-16/h8H,3-7H2,1-2H3. The van der Waals surface area contributed by atoms with Gasteiger partial charge in [0.25, 0.3) is 0 Å². The number of aromatic nitrogens is 3. The Kier molecular flexibility index (Phi) is 3.99. The van der Waals surface area contributed by atoms with E-state index < -0.39 is 0 Å². The van der Waals surface area contributed by atoms with Gasteiger partial charge in [0.15, 0.2) is 0 Å². The molecule has 6 heteroatoms. The number of piperidine rings is 1. The van der Waals surface area contributed by atoms with Crippen LogP contribution in [0.4, 0.5) is 5.95 Å². The Morgan fingerprint density at radius 2 is 2.24 bits per heavy atom. The molecule has 1 fully saturated rings. The molecular formula is C11H17ClN4O. The molecule has 2 rings (SSSR count). The molecule has 1 atom stereocenters. The topological polar surface area (TPSA) is 51.1 Å². The van der Waals surface area contributed by atoms with Crippen LogP contribution >= 0.6 is 11.6 Å². The normalized spacial score (nSPS) is 20.4. The van der Waals surface area contributed by atoms with E-state index in [2.05, 4.69) is 26.8 Å². The highest BCUT2D eigenvalue weighted by molar-refractivity contribution is 6.28. The summed E-state index contributed by atoms with van der Waals surface area (Å²) in [5.41, 5.74) is 0. The van der Waals surface area contributed by atoms with E-state index in [9.17, 15) is 0 Å². The van der Waals surface area contributed by atoms with Crippen LogP contribution < -0.4 is 9.64 Å². The lowest BCUT2D eigenvalue weighted by Gasteiger charge is -2.30. The second kappa shape index (κ2) is 5.49. The van der Waals surface area contributed by atoms with E-state index in [4.69, 9.17) is 16.3 Å². The first-order valence-electron chi connectivity index (χ1n) is 5.98. The van der Waals surface area contributed by atoms with Crippen molar-refractivity contribution in [3.63, 3.8) is 0 Å². The van der Waals surface area contributed by atoms with Gasteiger partial charge in [0, 0.05) is 13.1 Å². The Balaban J connectivity index is 2.18. The third-order valence-electron chi connectivity index (χ3n) is 2.79. The summed E-state index contributed by atoms with van der Waals surface area (Å²) >= 11 is 5.87. The second-order valence-corrected chi connectivity index (χ2v) is 4.65. The van der Waals surface area contributed by atoms with Gasteiger partial charge in [0.05, 0.1) is 6.61 Å². The Bertz CT molecular complexity index is 388. The number of rotatable bonds is 3. The van der Waals surface area contributed by atoms with E-state index in [1.165, 1.54) is 6.42 Å². The zero-order chi connectivity index (χ0) is 12.3. The van der Waals surface area contributed by atoms with Gasteiger partial charge < -0.3 is 9.64 Å². The van der Waals surface area contributed by atoms with E-state index >= 15 is 0 Å². The van der Waals surface area contributed by atoms with Crippen molar-refractivity contribution >= 4 is 17.5 Å². The highest BCUT2D eigenvalue weighted by Crippen LogP contribution is 2.22. The van der Waals surface area contributed by atoms with E-state index in [1.807, 2.05) is 6.92 Å². The van der Waals surface area contributed by atoms with Crippen molar-refractivity contribution < 1.29 is 4.74 Å². The fourth-order valence-electron chi connectivity index (χ4n) is 2.03. The molecule has 1 saturated heterocycles.